The van der Waals surface area contributed by atoms with Crippen molar-refractivity contribution in [2.24, 2.45) is 17.8 Å². The van der Waals surface area contributed by atoms with E-state index in [2.05, 4.69) is 5.32 Å². The molecule has 0 heterocycles. The molecule has 0 aromatic heterocycles. The number of hydrogen-bond acceptors (Lipinski definition) is 3. The molecule has 1 aromatic carbocycles. The summed E-state index contributed by atoms with van der Waals surface area (Å²) in [4.78, 5) is 23.7. The summed E-state index contributed by atoms with van der Waals surface area (Å²) >= 11 is 5.96. The Kier molecular flexibility index (Phi) is 4.67. The minimum absolute atomic E-state index is 0.259. The van der Waals surface area contributed by atoms with E-state index >= 15 is 0 Å². The van der Waals surface area contributed by atoms with Crippen molar-refractivity contribution < 1.29 is 14.3 Å². The quantitative estimate of drug-likeness (QED) is 0.842. The van der Waals surface area contributed by atoms with Gasteiger partial charge in [0, 0.05) is 6.42 Å². The van der Waals surface area contributed by atoms with Crippen LogP contribution in [0, 0.1) is 17.8 Å². The van der Waals surface area contributed by atoms with Gasteiger partial charge in [0.05, 0.1) is 10.7 Å². The second-order valence-corrected chi connectivity index (χ2v) is 6.73. The number of anilines is 1. The van der Waals surface area contributed by atoms with Gasteiger partial charge in [-0.15, -0.1) is 0 Å². The summed E-state index contributed by atoms with van der Waals surface area (Å²) in [6, 6.07) is 6.96. The number of ether oxygens (including phenoxy) is 1. The Labute approximate surface area is 135 Å². The average molecular weight is 322 g/mol. The van der Waals surface area contributed by atoms with Gasteiger partial charge in [-0.25, -0.2) is 0 Å². The van der Waals surface area contributed by atoms with E-state index in [1.807, 2.05) is 0 Å². The fraction of sp³-hybridized carbons (Fsp3) is 0.529. The lowest BCUT2D eigenvalue weighted by Gasteiger charge is -2.20. The molecule has 0 radical (unpaired) electrons. The fourth-order valence-corrected chi connectivity index (χ4v) is 3.98. The standard InChI is InChI=1S/C17H20ClNO3/c18-14-3-1-2-4-15(14)19-16(20)10-22-17(21)9-13-8-11-5-6-12(13)7-11/h1-4,11-13H,5-10H2,(H,19,20)/t11-,12-,13-/m1/s1. The van der Waals surface area contributed by atoms with Crippen molar-refractivity contribution in [3.05, 3.63) is 29.3 Å². The monoisotopic (exact) mass is 321 g/mol. The molecule has 1 N–H and O–H groups in total. The lowest BCUT2D eigenvalue weighted by Crippen LogP contribution is -2.23. The molecule has 0 spiro atoms. The number of rotatable bonds is 5. The number of amides is 1. The van der Waals surface area contributed by atoms with E-state index in [4.69, 9.17) is 16.3 Å². The van der Waals surface area contributed by atoms with Gasteiger partial charge in [-0.3, -0.25) is 9.59 Å². The maximum absolute atomic E-state index is 11.9. The third-order valence-electron chi connectivity index (χ3n) is 4.83. The topological polar surface area (TPSA) is 55.4 Å². The number of hydrogen-bond donors (Lipinski definition) is 1. The third-order valence-corrected chi connectivity index (χ3v) is 5.16. The van der Waals surface area contributed by atoms with Crippen molar-refractivity contribution in [2.75, 3.05) is 11.9 Å². The summed E-state index contributed by atoms with van der Waals surface area (Å²) < 4.78 is 5.09. The Hall–Kier alpha value is -1.55. The van der Waals surface area contributed by atoms with Crippen LogP contribution in [0.25, 0.3) is 0 Å². The van der Waals surface area contributed by atoms with Crippen LogP contribution >= 0.6 is 11.6 Å². The van der Waals surface area contributed by atoms with Gasteiger partial charge in [-0.1, -0.05) is 30.2 Å². The van der Waals surface area contributed by atoms with Crippen LogP contribution in [0.15, 0.2) is 24.3 Å². The van der Waals surface area contributed by atoms with Crippen LogP contribution in [0.4, 0.5) is 5.69 Å². The van der Waals surface area contributed by atoms with Crippen LogP contribution in [0.1, 0.15) is 32.1 Å². The normalized spacial score (nSPS) is 26.0. The molecule has 118 valence electrons. The lowest BCUT2D eigenvalue weighted by atomic mass is 9.86. The molecule has 4 nitrogen and oxygen atoms in total. The molecular formula is C17H20ClNO3. The largest absolute Gasteiger partial charge is 0.456 e. The second kappa shape index (κ2) is 6.69. The average Bonchev–Trinajstić information content (AvgIpc) is 3.10. The van der Waals surface area contributed by atoms with Crippen LogP contribution in [-0.4, -0.2) is 18.5 Å². The van der Waals surface area contributed by atoms with Gasteiger partial charge in [0.25, 0.3) is 5.91 Å². The summed E-state index contributed by atoms with van der Waals surface area (Å²) in [6.07, 6.45) is 5.42. The summed E-state index contributed by atoms with van der Waals surface area (Å²) in [5, 5.41) is 3.10. The van der Waals surface area contributed by atoms with Gasteiger partial charge in [0.2, 0.25) is 0 Å². The summed E-state index contributed by atoms with van der Waals surface area (Å²) in [5.41, 5.74) is 0.526. The summed E-state index contributed by atoms with van der Waals surface area (Å²) in [5.74, 6) is 1.32. The number of nitrogens with one attached hydrogen (secondary N) is 1. The van der Waals surface area contributed by atoms with Crippen LogP contribution < -0.4 is 5.32 Å². The first kappa shape index (κ1) is 15.3. The van der Waals surface area contributed by atoms with Gasteiger partial charge < -0.3 is 10.1 Å². The van der Waals surface area contributed by atoms with E-state index < -0.39 is 0 Å². The molecule has 1 amide bonds. The first-order valence-corrected chi connectivity index (χ1v) is 8.19. The maximum Gasteiger partial charge on any atom is 0.306 e. The van der Waals surface area contributed by atoms with Crippen molar-refractivity contribution in [1.82, 2.24) is 0 Å². The Morgan fingerprint density at radius 3 is 2.73 bits per heavy atom. The molecule has 2 aliphatic rings. The molecule has 5 heteroatoms. The molecule has 1 aromatic rings. The number of carbonyl (C=O) groups is 2. The minimum atomic E-state index is -0.366. The molecule has 2 aliphatic carbocycles. The molecule has 0 saturated heterocycles. The Balaban J connectivity index is 1.41. The molecule has 0 unspecified atom stereocenters. The van der Waals surface area contributed by atoms with Gasteiger partial charge >= 0.3 is 5.97 Å². The number of fused-ring (bicyclic) bond motifs is 2. The Bertz CT molecular complexity index is 575. The smallest absolute Gasteiger partial charge is 0.306 e. The van der Waals surface area contributed by atoms with Gasteiger partial charge in [0.15, 0.2) is 6.61 Å². The van der Waals surface area contributed by atoms with Crippen LogP contribution in [0.5, 0.6) is 0 Å². The van der Waals surface area contributed by atoms with Crippen LogP contribution in [0.3, 0.4) is 0 Å². The van der Waals surface area contributed by atoms with E-state index in [1.54, 1.807) is 24.3 Å². The first-order chi connectivity index (χ1) is 10.6. The van der Waals surface area contributed by atoms with Crippen molar-refractivity contribution >= 4 is 29.2 Å². The molecule has 2 saturated carbocycles. The number of esters is 1. The second-order valence-electron chi connectivity index (χ2n) is 6.33. The lowest BCUT2D eigenvalue weighted by molar-refractivity contribution is -0.148. The fourth-order valence-electron chi connectivity index (χ4n) is 3.79. The summed E-state index contributed by atoms with van der Waals surface area (Å²) in [7, 11) is 0. The Morgan fingerprint density at radius 1 is 1.23 bits per heavy atom. The molecule has 2 fully saturated rings. The highest BCUT2D eigenvalue weighted by Crippen LogP contribution is 2.49. The van der Waals surface area contributed by atoms with Crippen molar-refractivity contribution in [2.45, 2.75) is 32.1 Å². The van der Waals surface area contributed by atoms with Crippen LogP contribution in [-0.2, 0) is 14.3 Å². The van der Waals surface area contributed by atoms with E-state index in [1.165, 1.54) is 19.3 Å². The number of carbonyl (C=O) groups excluding carboxylic acids is 2. The zero-order chi connectivity index (χ0) is 15.5. The van der Waals surface area contributed by atoms with Gasteiger partial charge in [-0.05, 0) is 49.1 Å². The van der Waals surface area contributed by atoms with Crippen LogP contribution in [0.2, 0.25) is 5.02 Å². The molecule has 3 atom stereocenters. The highest BCUT2D eigenvalue weighted by Gasteiger charge is 2.40. The molecule has 2 bridgehead atoms. The maximum atomic E-state index is 11.9. The zero-order valence-electron chi connectivity index (χ0n) is 12.4. The predicted octanol–water partition coefficient (Wildman–Crippen LogP) is 3.65. The van der Waals surface area contributed by atoms with Gasteiger partial charge in [0.1, 0.15) is 0 Å². The molecule has 22 heavy (non-hydrogen) atoms. The molecular weight excluding hydrogens is 302 g/mol. The van der Waals surface area contributed by atoms with E-state index in [0.29, 0.717) is 29.0 Å². The van der Waals surface area contributed by atoms with Gasteiger partial charge in [-0.2, -0.15) is 0 Å². The third kappa shape index (κ3) is 3.61. The van der Waals surface area contributed by atoms with E-state index in [-0.39, 0.29) is 18.5 Å². The van der Waals surface area contributed by atoms with Crippen molar-refractivity contribution in [3.63, 3.8) is 0 Å². The number of para-hydroxylation sites is 1. The minimum Gasteiger partial charge on any atom is -0.456 e. The highest BCUT2D eigenvalue weighted by molar-refractivity contribution is 6.33. The molecule has 3 rings (SSSR count). The Morgan fingerprint density at radius 2 is 2.05 bits per heavy atom. The van der Waals surface area contributed by atoms with E-state index in [9.17, 15) is 9.59 Å². The number of benzene rings is 1. The van der Waals surface area contributed by atoms with Crippen molar-refractivity contribution in [3.8, 4) is 0 Å². The SMILES string of the molecule is O=C(COC(=O)C[C@H]1C[C@@H]2CC[C@@H]1C2)Nc1ccccc1Cl. The highest BCUT2D eigenvalue weighted by atomic mass is 35.5. The number of halogens is 1. The summed E-state index contributed by atoms with van der Waals surface area (Å²) in [6.45, 7) is -0.259. The molecule has 0 aliphatic heterocycles. The zero-order valence-corrected chi connectivity index (χ0v) is 13.1. The van der Waals surface area contributed by atoms with E-state index in [0.717, 1.165) is 12.3 Å². The predicted molar refractivity (Wildman–Crippen MR) is 84.6 cm³/mol. The van der Waals surface area contributed by atoms with Crippen molar-refractivity contribution in [1.29, 1.82) is 0 Å². The first-order valence-electron chi connectivity index (χ1n) is 7.82.